The predicted molar refractivity (Wildman–Crippen MR) is 83.3 cm³/mol. The van der Waals surface area contributed by atoms with Crippen molar-refractivity contribution in [2.75, 3.05) is 7.11 Å². The summed E-state index contributed by atoms with van der Waals surface area (Å²) < 4.78 is 5.21. The molecular weight excluding hydrogens is 260 g/mol. The molecule has 0 saturated heterocycles. The molecule has 1 aromatic carbocycles. The fourth-order valence-corrected chi connectivity index (χ4v) is 5.55. The molecule has 1 N–H and O–H groups in total. The average molecular weight is 286 g/mol. The number of methoxy groups -OCH3 is 1. The highest BCUT2D eigenvalue weighted by atomic mass is 16.5. The number of hydrogen-bond acceptors (Lipinski definition) is 2. The molecule has 0 spiro atoms. The van der Waals surface area contributed by atoms with Crippen molar-refractivity contribution in [3.8, 4) is 5.75 Å². The van der Waals surface area contributed by atoms with Crippen molar-refractivity contribution in [2.24, 2.45) is 23.7 Å². The van der Waals surface area contributed by atoms with Crippen LogP contribution >= 0.6 is 0 Å². The Kier molecular flexibility index (Phi) is 3.25. The van der Waals surface area contributed by atoms with Gasteiger partial charge in [-0.1, -0.05) is 12.1 Å². The number of ether oxygens (including phenoxy) is 1. The van der Waals surface area contributed by atoms with Gasteiger partial charge in [-0.2, -0.15) is 0 Å². The summed E-state index contributed by atoms with van der Waals surface area (Å²) in [6, 6.07) is 8.32. The Morgan fingerprint density at radius 1 is 1.00 bits per heavy atom. The van der Waals surface area contributed by atoms with Crippen molar-refractivity contribution in [3.05, 3.63) is 29.8 Å². The van der Waals surface area contributed by atoms with E-state index < -0.39 is 0 Å². The van der Waals surface area contributed by atoms with Gasteiger partial charge in [0.15, 0.2) is 0 Å². The van der Waals surface area contributed by atoms with Crippen LogP contribution in [0.4, 0.5) is 0 Å². The summed E-state index contributed by atoms with van der Waals surface area (Å²) in [6.45, 7) is 0. The van der Waals surface area contributed by atoms with Gasteiger partial charge in [0.1, 0.15) is 5.75 Å². The van der Waals surface area contributed by atoms with Crippen molar-refractivity contribution in [1.82, 2.24) is 0 Å². The molecule has 4 fully saturated rings. The molecule has 0 atom stereocenters. The van der Waals surface area contributed by atoms with Crippen molar-refractivity contribution in [3.63, 3.8) is 0 Å². The number of aliphatic hydroxyl groups is 1. The summed E-state index contributed by atoms with van der Waals surface area (Å²) >= 11 is 0. The Balaban J connectivity index is 1.46. The summed E-state index contributed by atoms with van der Waals surface area (Å²) in [5.74, 6) is 3.91. The molecule has 4 saturated carbocycles. The van der Waals surface area contributed by atoms with E-state index >= 15 is 0 Å². The first-order chi connectivity index (χ1) is 10.2. The van der Waals surface area contributed by atoms with E-state index in [4.69, 9.17) is 4.74 Å². The highest BCUT2D eigenvalue weighted by Crippen LogP contribution is 2.59. The number of rotatable bonds is 4. The van der Waals surface area contributed by atoms with Crippen LogP contribution in [-0.2, 0) is 6.42 Å². The summed E-state index contributed by atoms with van der Waals surface area (Å²) in [6.07, 6.45) is 8.51. The number of hydrogen-bond donors (Lipinski definition) is 1. The molecule has 2 nitrogen and oxygen atoms in total. The maximum atomic E-state index is 11.3. The van der Waals surface area contributed by atoms with E-state index in [2.05, 4.69) is 12.1 Å². The molecule has 2 heteroatoms. The second kappa shape index (κ2) is 5.01. The fourth-order valence-electron chi connectivity index (χ4n) is 5.55. The van der Waals surface area contributed by atoms with Gasteiger partial charge >= 0.3 is 0 Å². The van der Waals surface area contributed by atoms with Gasteiger partial charge in [-0.15, -0.1) is 0 Å². The molecule has 4 bridgehead atoms. The third kappa shape index (κ3) is 2.28. The van der Waals surface area contributed by atoms with E-state index in [9.17, 15) is 5.11 Å². The highest BCUT2D eigenvalue weighted by molar-refractivity contribution is 5.27. The monoisotopic (exact) mass is 286 g/mol. The van der Waals surface area contributed by atoms with Crippen molar-refractivity contribution >= 4 is 0 Å². The molecule has 0 amide bonds. The topological polar surface area (TPSA) is 29.5 Å². The van der Waals surface area contributed by atoms with Gasteiger partial charge in [0, 0.05) is 0 Å². The molecule has 5 rings (SSSR count). The smallest absolute Gasteiger partial charge is 0.118 e. The summed E-state index contributed by atoms with van der Waals surface area (Å²) in [5, 5.41) is 11.3. The van der Waals surface area contributed by atoms with E-state index in [0.717, 1.165) is 30.4 Å². The second-order valence-corrected chi connectivity index (χ2v) is 7.64. The van der Waals surface area contributed by atoms with Crippen LogP contribution in [0.5, 0.6) is 5.75 Å². The zero-order valence-corrected chi connectivity index (χ0v) is 12.9. The molecule has 4 aliphatic carbocycles. The Hall–Kier alpha value is -1.02. The largest absolute Gasteiger partial charge is 0.497 e. The zero-order chi connectivity index (χ0) is 14.4. The minimum absolute atomic E-state index is 0.382. The molecule has 0 radical (unpaired) electrons. The van der Waals surface area contributed by atoms with E-state index in [1.165, 1.54) is 37.7 Å². The fraction of sp³-hybridized carbons (Fsp3) is 0.684. The lowest BCUT2D eigenvalue weighted by Gasteiger charge is -2.59. The van der Waals surface area contributed by atoms with Crippen LogP contribution in [0.15, 0.2) is 24.3 Å². The van der Waals surface area contributed by atoms with E-state index in [0.29, 0.717) is 11.8 Å². The molecule has 0 unspecified atom stereocenters. The predicted octanol–water partition coefficient (Wildman–Crippen LogP) is 3.82. The standard InChI is InChI=1S/C19H26O2/c1-21-18-4-2-13(3-5-18)6-7-19(20)16-9-14-8-15(11-16)12-17(19)10-14/h2-5,14-17,20H,6-12H2,1H3. The van der Waals surface area contributed by atoms with Crippen LogP contribution in [0, 0.1) is 23.7 Å². The molecule has 114 valence electrons. The number of benzene rings is 1. The SMILES string of the molecule is COc1ccc(CCC2(O)C3CC4CC(C3)CC2C4)cc1. The second-order valence-electron chi connectivity index (χ2n) is 7.64. The van der Waals surface area contributed by atoms with E-state index in [-0.39, 0.29) is 5.60 Å². The van der Waals surface area contributed by atoms with Crippen molar-refractivity contribution < 1.29 is 9.84 Å². The summed E-state index contributed by atoms with van der Waals surface area (Å²) in [5.41, 5.74) is 0.936. The van der Waals surface area contributed by atoms with Crippen LogP contribution in [-0.4, -0.2) is 17.8 Å². The maximum Gasteiger partial charge on any atom is 0.118 e. The molecule has 0 aromatic heterocycles. The first kappa shape index (κ1) is 13.6. The van der Waals surface area contributed by atoms with Crippen molar-refractivity contribution in [2.45, 2.75) is 50.5 Å². The van der Waals surface area contributed by atoms with Crippen LogP contribution < -0.4 is 4.74 Å². The van der Waals surface area contributed by atoms with Crippen LogP contribution in [0.1, 0.15) is 44.1 Å². The van der Waals surface area contributed by atoms with Gasteiger partial charge in [-0.3, -0.25) is 0 Å². The summed E-state index contributed by atoms with van der Waals surface area (Å²) in [4.78, 5) is 0. The highest BCUT2D eigenvalue weighted by Gasteiger charge is 2.55. The molecule has 0 heterocycles. The molecule has 21 heavy (non-hydrogen) atoms. The van der Waals surface area contributed by atoms with Gasteiger partial charge in [0.2, 0.25) is 0 Å². The lowest BCUT2D eigenvalue weighted by molar-refractivity contribution is -0.175. The maximum absolute atomic E-state index is 11.3. The third-order valence-corrected chi connectivity index (χ3v) is 6.53. The minimum atomic E-state index is -0.382. The van der Waals surface area contributed by atoms with Crippen molar-refractivity contribution in [1.29, 1.82) is 0 Å². The van der Waals surface area contributed by atoms with Gasteiger partial charge < -0.3 is 9.84 Å². The Labute approximate surface area is 127 Å². The molecule has 4 aliphatic rings. The molecular formula is C19H26O2. The first-order valence-corrected chi connectivity index (χ1v) is 8.52. The Bertz CT molecular complexity index is 477. The van der Waals surface area contributed by atoms with Gasteiger partial charge in [0.05, 0.1) is 12.7 Å². The van der Waals surface area contributed by atoms with E-state index in [1.54, 1.807) is 7.11 Å². The minimum Gasteiger partial charge on any atom is -0.497 e. The number of aryl methyl sites for hydroxylation is 1. The zero-order valence-electron chi connectivity index (χ0n) is 12.9. The first-order valence-electron chi connectivity index (χ1n) is 8.52. The van der Waals surface area contributed by atoms with Gasteiger partial charge in [-0.05, 0) is 86.3 Å². The van der Waals surface area contributed by atoms with Crippen LogP contribution in [0.3, 0.4) is 0 Å². The lowest BCUT2D eigenvalue weighted by atomic mass is 9.49. The Morgan fingerprint density at radius 2 is 1.57 bits per heavy atom. The van der Waals surface area contributed by atoms with E-state index in [1.807, 2.05) is 12.1 Å². The van der Waals surface area contributed by atoms with Crippen LogP contribution in [0.2, 0.25) is 0 Å². The van der Waals surface area contributed by atoms with Gasteiger partial charge in [0.25, 0.3) is 0 Å². The summed E-state index contributed by atoms with van der Waals surface area (Å²) in [7, 11) is 1.70. The normalized spacial score (nSPS) is 40.5. The lowest BCUT2D eigenvalue weighted by Crippen LogP contribution is -2.57. The van der Waals surface area contributed by atoms with Gasteiger partial charge in [-0.25, -0.2) is 0 Å². The third-order valence-electron chi connectivity index (χ3n) is 6.53. The average Bonchev–Trinajstić information content (AvgIpc) is 2.50. The molecule has 1 aromatic rings. The Morgan fingerprint density at radius 3 is 2.10 bits per heavy atom. The quantitative estimate of drug-likeness (QED) is 0.912. The van der Waals surface area contributed by atoms with Crippen LogP contribution in [0.25, 0.3) is 0 Å². The molecule has 0 aliphatic heterocycles.